The molecule has 1 atom stereocenters. The molecule has 4 aromatic rings. The lowest BCUT2D eigenvalue weighted by Crippen LogP contribution is -2.38. The fraction of sp³-hybridized carbons (Fsp3) is 0.290. The summed E-state index contributed by atoms with van der Waals surface area (Å²) in [6.45, 7) is 0.740. The Kier molecular flexibility index (Phi) is 7.54. The van der Waals surface area contributed by atoms with Crippen molar-refractivity contribution in [1.82, 2.24) is 14.9 Å². The van der Waals surface area contributed by atoms with Gasteiger partial charge in [-0.25, -0.2) is 9.97 Å². The second-order valence-corrected chi connectivity index (χ2v) is 9.61. The number of aryl methyl sites for hydroxylation is 1. The van der Waals surface area contributed by atoms with Crippen LogP contribution in [-0.2, 0) is 11.2 Å². The zero-order valence-corrected chi connectivity index (χ0v) is 20.8. The van der Waals surface area contributed by atoms with E-state index in [4.69, 9.17) is 15.1 Å². The maximum absolute atomic E-state index is 13.7. The number of fused-ring (bicyclic) bond motifs is 1. The number of aliphatic carboxylic acids is 1. The molecule has 0 radical (unpaired) electrons. The Labute approximate surface area is 217 Å². The van der Waals surface area contributed by atoms with Crippen LogP contribution in [0, 0.1) is 0 Å². The Balaban J connectivity index is 1.47. The maximum Gasteiger partial charge on any atom is 0.303 e. The van der Waals surface area contributed by atoms with Crippen LogP contribution in [0.3, 0.4) is 0 Å². The fourth-order valence-electron chi connectivity index (χ4n) is 5.16. The van der Waals surface area contributed by atoms with Crippen LogP contribution in [0.4, 0.5) is 0 Å². The van der Waals surface area contributed by atoms with Gasteiger partial charge in [0.25, 0.3) is 5.91 Å². The van der Waals surface area contributed by atoms with Crippen LogP contribution in [0.25, 0.3) is 22.3 Å². The average molecular weight is 494 g/mol. The number of amides is 1. The summed E-state index contributed by atoms with van der Waals surface area (Å²) in [6.07, 6.45) is 5.13. The first-order valence-electron chi connectivity index (χ1n) is 13.0. The lowest BCUT2D eigenvalue weighted by molar-refractivity contribution is -0.137. The van der Waals surface area contributed by atoms with E-state index in [-0.39, 0.29) is 18.4 Å². The second-order valence-electron chi connectivity index (χ2n) is 9.61. The Morgan fingerprint density at radius 2 is 1.62 bits per heavy atom. The molecule has 0 spiro atoms. The van der Waals surface area contributed by atoms with Crippen LogP contribution < -0.4 is 0 Å². The third kappa shape index (κ3) is 5.69. The van der Waals surface area contributed by atoms with E-state index in [0.29, 0.717) is 30.3 Å². The van der Waals surface area contributed by atoms with Gasteiger partial charge in [-0.3, -0.25) is 9.59 Å². The standard InChI is InChI=1S/C31H31N3O3/c35-29(36)17-8-7-15-26-30(23-13-5-2-6-14-23)33-25-19-18-24(21-27(25)32-26)31(37)34-20-10-9-16-28(34)22-11-3-1-4-12-22/h1-6,11-14,18-19,21,28H,7-10,15-17,20H2,(H,35,36). The first kappa shape index (κ1) is 24.6. The molecule has 0 aliphatic carbocycles. The zero-order valence-electron chi connectivity index (χ0n) is 20.8. The molecule has 37 heavy (non-hydrogen) atoms. The van der Waals surface area contributed by atoms with Gasteiger partial charge in [-0.05, 0) is 62.3 Å². The third-order valence-electron chi connectivity index (χ3n) is 7.03. The lowest BCUT2D eigenvalue weighted by atomic mass is 9.94. The summed E-state index contributed by atoms with van der Waals surface area (Å²) < 4.78 is 0. The number of aromatic nitrogens is 2. The first-order chi connectivity index (χ1) is 18.1. The number of nitrogens with zero attached hydrogens (tertiary/aromatic N) is 3. The normalized spacial score (nSPS) is 15.6. The van der Waals surface area contributed by atoms with Gasteiger partial charge >= 0.3 is 5.97 Å². The molecule has 1 aliphatic heterocycles. The topological polar surface area (TPSA) is 83.4 Å². The number of carboxylic acids is 1. The quantitative estimate of drug-likeness (QED) is 0.285. The van der Waals surface area contributed by atoms with E-state index in [1.807, 2.05) is 71.6 Å². The second kappa shape index (κ2) is 11.3. The number of rotatable bonds is 8. The minimum Gasteiger partial charge on any atom is -0.481 e. The SMILES string of the molecule is O=C(O)CCCCc1nc2cc(C(=O)N3CCCCC3c3ccccc3)ccc2nc1-c1ccccc1. The van der Waals surface area contributed by atoms with Gasteiger partial charge in [0.15, 0.2) is 0 Å². The van der Waals surface area contributed by atoms with Gasteiger partial charge in [0, 0.05) is 24.1 Å². The molecule has 6 nitrogen and oxygen atoms in total. The lowest BCUT2D eigenvalue weighted by Gasteiger charge is -2.36. The van der Waals surface area contributed by atoms with Crippen molar-refractivity contribution in [3.8, 4) is 11.3 Å². The molecule has 5 rings (SSSR count). The monoisotopic (exact) mass is 493 g/mol. The molecule has 6 heteroatoms. The molecule has 2 heterocycles. The van der Waals surface area contributed by atoms with E-state index < -0.39 is 5.97 Å². The maximum atomic E-state index is 13.7. The van der Waals surface area contributed by atoms with E-state index in [1.165, 1.54) is 5.56 Å². The molecule has 1 aliphatic rings. The van der Waals surface area contributed by atoms with Crippen LogP contribution in [0.1, 0.15) is 66.2 Å². The molecule has 188 valence electrons. The van der Waals surface area contributed by atoms with Gasteiger partial charge in [0.05, 0.1) is 28.5 Å². The smallest absolute Gasteiger partial charge is 0.303 e. The van der Waals surface area contributed by atoms with Gasteiger partial charge in [-0.2, -0.15) is 0 Å². The molecule has 1 N–H and O–H groups in total. The third-order valence-corrected chi connectivity index (χ3v) is 7.03. The number of carbonyl (C=O) groups excluding carboxylic acids is 1. The van der Waals surface area contributed by atoms with Gasteiger partial charge in [-0.1, -0.05) is 60.7 Å². The minimum atomic E-state index is -0.789. The largest absolute Gasteiger partial charge is 0.481 e. The van der Waals surface area contributed by atoms with Crippen molar-refractivity contribution in [3.05, 3.63) is 95.7 Å². The number of unbranched alkanes of at least 4 members (excludes halogenated alkanes) is 1. The molecular formula is C31H31N3O3. The number of hydrogen-bond acceptors (Lipinski definition) is 4. The molecule has 0 saturated carbocycles. The molecule has 1 amide bonds. The first-order valence-corrected chi connectivity index (χ1v) is 13.0. The van der Waals surface area contributed by atoms with Crippen molar-refractivity contribution in [2.24, 2.45) is 0 Å². The molecule has 1 fully saturated rings. The molecule has 3 aromatic carbocycles. The Bertz CT molecular complexity index is 1390. The predicted octanol–water partition coefficient (Wildman–Crippen LogP) is 6.46. The van der Waals surface area contributed by atoms with Crippen LogP contribution in [-0.4, -0.2) is 38.4 Å². The molecular weight excluding hydrogens is 462 g/mol. The summed E-state index contributed by atoms with van der Waals surface area (Å²) in [4.78, 5) is 36.5. The molecule has 0 bridgehead atoms. The van der Waals surface area contributed by atoms with Crippen molar-refractivity contribution in [2.45, 2.75) is 51.0 Å². The number of likely N-dealkylation sites (tertiary alicyclic amines) is 1. The van der Waals surface area contributed by atoms with E-state index in [1.54, 1.807) is 0 Å². The van der Waals surface area contributed by atoms with Crippen LogP contribution in [0.15, 0.2) is 78.9 Å². The minimum absolute atomic E-state index is 0.0207. The summed E-state index contributed by atoms with van der Waals surface area (Å²) in [6, 6.07) is 25.9. The molecule has 1 aromatic heterocycles. The van der Waals surface area contributed by atoms with Crippen molar-refractivity contribution in [2.75, 3.05) is 6.54 Å². The van der Waals surface area contributed by atoms with E-state index in [2.05, 4.69) is 12.1 Å². The number of benzene rings is 3. The average Bonchev–Trinajstić information content (AvgIpc) is 2.95. The number of carboxylic acid groups (broad SMARTS) is 1. The summed E-state index contributed by atoms with van der Waals surface area (Å²) in [5.74, 6) is -0.769. The van der Waals surface area contributed by atoms with Gasteiger partial charge in [0.2, 0.25) is 0 Å². The highest BCUT2D eigenvalue weighted by atomic mass is 16.4. The molecule has 1 saturated heterocycles. The predicted molar refractivity (Wildman–Crippen MR) is 144 cm³/mol. The highest BCUT2D eigenvalue weighted by Crippen LogP contribution is 2.33. The Morgan fingerprint density at radius 3 is 2.38 bits per heavy atom. The summed E-state index contributed by atoms with van der Waals surface area (Å²) in [5, 5.41) is 9.00. The van der Waals surface area contributed by atoms with Gasteiger partial charge < -0.3 is 10.0 Å². The highest BCUT2D eigenvalue weighted by molar-refractivity contribution is 5.97. The van der Waals surface area contributed by atoms with Crippen molar-refractivity contribution in [3.63, 3.8) is 0 Å². The fourth-order valence-corrected chi connectivity index (χ4v) is 5.16. The van der Waals surface area contributed by atoms with Gasteiger partial charge in [-0.15, -0.1) is 0 Å². The Morgan fingerprint density at radius 1 is 0.865 bits per heavy atom. The summed E-state index contributed by atoms with van der Waals surface area (Å²) in [7, 11) is 0. The van der Waals surface area contributed by atoms with E-state index in [9.17, 15) is 9.59 Å². The number of piperidine rings is 1. The van der Waals surface area contributed by atoms with E-state index >= 15 is 0 Å². The van der Waals surface area contributed by atoms with Crippen molar-refractivity contribution in [1.29, 1.82) is 0 Å². The van der Waals surface area contributed by atoms with Crippen LogP contribution in [0.2, 0.25) is 0 Å². The Hall–Kier alpha value is -4.06. The van der Waals surface area contributed by atoms with E-state index in [0.717, 1.165) is 48.3 Å². The van der Waals surface area contributed by atoms with Gasteiger partial charge in [0.1, 0.15) is 0 Å². The molecule has 1 unspecified atom stereocenters. The number of hydrogen-bond donors (Lipinski definition) is 1. The van der Waals surface area contributed by atoms with Crippen molar-refractivity contribution < 1.29 is 14.7 Å². The summed E-state index contributed by atoms with van der Waals surface area (Å²) in [5.41, 5.74) is 5.83. The zero-order chi connectivity index (χ0) is 25.6. The number of carbonyl (C=O) groups is 2. The summed E-state index contributed by atoms with van der Waals surface area (Å²) >= 11 is 0. The highest BCUT2D eigenvalue weighted by Gasteiger charge is 2.29. The van der Waals surface area contributed by atoms with Crippen LogP contribution >= 0.6 is 0 Å². The van der Waals surface area contributed by atoms with Crippen molar-refractivity contribution >= 4 is 22.9 Å². The van der Waals surface area contributed by atoms with Crippen LogP contribution in [0.5, 0.6) is 0 Å².